The molecule has 9 nitrogen and oxygen atoms in total. The number of ether oxygens (including phenoxy) is 1. The number of carboxylic acids is 1. The van der Waals surface area contributed by atoms with E-state index in [0.29, 0.717) is 0 Å². The Morgan fingerprint density at radius 3 is 2.45 bits per heavy atom. The highest BCUT2D eigenvalue weighted by Crippen LogP contribution is 2.15. The standard InChI is InChI=1S/C21H21N3O6S/c1-15-7-9-18(10-8-15)31(28,29)24-12-17(22-14-24)11-19(20(25)26)23-21(27)30-13-16-5-3-2-4-6-16/h2-10,12,14,19H,11,13H2,1H3,(H,23,27)(H,25,26)/t19-/m0/s1. The number of hydrogen-bond acceptors (Lipinski definition) is 6. The minimum Gasteiger partial charge on any atom is -0.480 e. The van der Waals surface area contributed by atoms with Gasteiger partial charge in [-0.1, -0.05) is 48.0 Å². The minimum absolute atomic E-state index is 0.0115. The van der Waals surface area contributed by atoms with Gasteiger partial charge in [-0.15, -0.1) is 0 Å². The van der Waals surface area contributed by atoms with Gasteiger partial charge in [0.05, 0.1) is 10.6 Å². The molecule has 0 bridgehead atoms. The number of carbonyl (C=O) groups excluding carboxylic acids is 1. The van der Waals surface area contributed by atoms with Gasteiger partial charge in [0.1, 0.15) is 19.0 Å². The highest BCUT2D eigenvalue weighted by atomic mass is 32.2. The van der Waals surface area contributed by atoms with Crippen LogP contribution in [0, 0.1) is 6.92 Å². The molecule has 2 N–H and O–H groups in total. The summed E-state index contributed by atoms with van der Waals surface area (Å²) < 4.78 is 31.3. The van der Waals surface area contributed by atoms with E-state index >= 15 is 0 Å². The molecule has 2 aromatic carbocycles. The van der Waals surface area contributed by atoms with E-state index in [2.05, 4.69) is 10.3 Å². The molecule has 0 unspecified atom stereocenters. The molecule has 0 fully saturated rings. The number of aliphatic carboxylic acids is 1. The van der Waals surface area contributed by atoms with Crippen LogP contribution in [0.5, 0.6) is 0 Å². The van der Waals surface area contributed by atoms with Gasteiger partial charge < -0.3 is 15.2 Å². The van der Waals surface area contributed by atoms with Crippen LogP contribution < -0.4 is 5.32 Å². The molecular formula is C21H21N3O6S. The van der Waals surface area contributed by atoms with Crippen LogP contribution in [0.15, 0.2) is 72.0 Å². The Balaban J connectivity index is 1.65. The van der Waals surface area contributed by atoms with E-state index in [9.17, 15) is 23.1 Å². The summed E-state index contributed by atoms with van der Waals surface area (Å²) in [6.07, 6.45) is 1.20. The van der Waals surface area contributed by atoms with Crippen LogP contribution >= 0.6 is 0 Å². The fourth-order valence-electron chi connectivity index (χ4n) is 2.73. The van der Waals surface area contributed by atoms with E-state index in [1.165, 1.54) is 18.3 Å². The zero-order valence-corrected chi connectivity index (χ0v) is 17.5. The van der Waals surface area contributed by atoms with Crippen LogP contribution in [0.2, 0.25) is 0 Å². The molecule has 162 valence electrons. The van der Waals surface area contributed by atoms with Gasteiger partial charge in [-0.2, -0.15) is 0 Å². The van der Waals surface area contributed by atoms with Crippen molar-refractivity contribution < 1.29 is 27.9 Å². The number of aryl methyl sites for hydroxylation is 1. The van der Waals surface area contributed by atoms with Gasteiger partial charge in [0.25, 0.3) is 10.0 Å². The molecule has 0 saturated carbocycles. The van der Waals surface area contributed by atoms with Gasteiger partial charge >= 0.3 is 12.1 Å². The lowest BCUT2D eigenvalue weighted by molar-refractivity contribution is -0.139. The molecule has 1 heterocycles. The van der Waals surface area contributed by atoms with Gasteiger partial charge in [0.15, 0.2) is 0 Å². The predicted molar refractivity (Wildman–Crippen MR) is 111 cm³/mol. The quantitative estimate of drug-likeness (QED) is 0.547. The first-order valence-electron chi connectivity index (χ1n) is 9.31. The van der Waals surface area contributed by atoms with Crippen LogP contribution in [0.25, 0.3) is 0 Å². The van der Waals surface area contributed by atoms with Crippen molar-refractivity contribution in [3.8, 4) is 0 Å². The second-order valence-electron chi connectivity index (χ2n) is 6.81. The predicted octanol–water partition coefficient (Wildman–Crippen LogP) is 2.35. The minimum atomic E-state index is -3.86. The molecule has 31 heavy (non-hydrogen) atoms. The van der Waals surface area contributed by atoms with Crippen molar-refractivity contribution in [1.29, 1.82) is 0 Å². The summed E-state index contributed by atoms with van der Waals surface area (Å²) in [5.41, 5.74) is 1.86. The molecule has 0 aliphatic carbocycles. The third kappa shape index (κ3) is 5.70. The lowest BCUT2D eigenvalue weighted by atomic mass is 10.2. The topological polar surface area (TPSA) is 128 Å². The molecule has 1 amide bonds. The fraction of sp³-hybridized carbons (Fsp3) is 0.190. The Bertz CT molecular complexity index is 1160. The Hall–Kier alpha value is -3.66. The lowest BCUT2D eigenvalue weighted by Gasteiger charge is -2.13. The number of amides is 1. The maximum Gasteiger partial charge on any atom is 0.408 e. The van der Waals surface area contributed by atoms with E-state index in [4.69, 9.17) is 4.74 Å². The highest BCUT2D eigenvalue weighted by molar-refractivity contribution is 7.90. The first kappa shape index (κ1) is 22.0. The number of imidazole rings is 1. The molecule has 0 aliphatic rings. The van der Waals surface area contributed by atoms with Crippen molar-refractivity contribution in [3.63, 3.8) is 0 Å². The van der Waals surface area contributed by atoms with Gasteiger partial charge in [-0.25, -0.2) is 27.0 Å². The number of carbonyl (C=O) groups is 2. The van der Waals surface area contributed by atoms with Crippen molar-refractivity contribution in [1.82, 2.24) is 14.3 Å². The normalized spacial score (nSPS) is 12.2. The van der Waals surface area contributed by atoms with Gasteiger partial charge in [-0.05, 0) is 24.6 Å². The second-order valence-corrected chi connectivity index (χ2v) is 8.66. The van der Waals surface area contributed by atoms with Gasteiger partial charge in [-0.3, -0.25) is 0 Å². The van der Waals surface area contributed by atoms with Crippen molar-refractivity contribution in [2.75, 3.05) is 0 Å². The summed E-state index contributed by atoms with van der Waals surface area (Å²) in [7, 11) is -3.86. The Morgan fingerprint density at radius 1 is 1.13 bits per heavy atom. The number of aromatic nitrogens is 2. The molecule has 0 radical (unpaired) electrons. The van der Waals surface area contributed by atoms with Crippen LogP contribution in [0.3, 0.4) is 0 Å². The number of rotatable bonds is 8. The number of carboxylic acid groups (broad SMARTS) is 1. The number of benzene rings is 2. The SMILES string of the molecule is Cc1ccc(S(=O)(=O)n2cnc(C[C@H](NC(=O)OCc3ccccc3)C(=O)O)c2)cc1. The van der Waals surface area contributed by atoms with Crippen LogP contribution in [0.4, 0.5) is 4.79 Å². The molecule has 10 heteroatoms. The molecular weight excluding hydrogens is 422 g/mol. The van der Waals surface area contributed by atoms with Crippen LogP contribution in [0.1, 0.15) is 16.8 Å². The maximum atomic E-state index is 12.7. The summed E-state index contributed by atoms with van der Waals surface area (Å²) in [6.45, 7) is 1.83. The number of hydrogen-bond donors (Lipinski definition) is 2. The number of alkyl carbamates (subject to hydrolysis) is 1. The molecule has 0 aliphatic heterocycles. The van der Waals surface area contributed by atoms with Crippen LogP contribution in [-0.4, -0.2) is 40.6 Å². The van der Waals surface area contributed by atoms with Crippen molar-refractivity contribution in [2.45, 2.75) is 30.9 Å². The Morgan fingerprint density at radius 2 is 1.81 bits per heavy atom. The van der Waals surface area contributed by atoms with Crippen LogP contribution in [-0.2, 0) is 32.6 Å². The van der Waals surface area contributed by atoms with Crippen molar-refractivity contribution >= 4 is 22.1 Å². The first-order valence-corrected chi connectivity index (χ1v) is 10.7. The smallest absolute Gasteiger partial charge is 0.408 e. The zero-order valence-electron chi connectivity index (χ0n) is 16.6. The largest absolute Gasteiger partial charge is 0.480 e. The lowest BCUT2D eigenvalue weighted by Crippen LogP contribution is -2.42. The van der Waals surface area contributed by atoms with E-state index < -0.39 is 28.1 Å². The van der Waals surface area contributed by atoms with Crippen molar-refractivity contribution in [3.05, 3.63) is 83.9 Å². The summed E-state index contributed by atoms with van der Waals surface area (Å²) in [5, 5.41) is 11.7. The zero-order chi connectivity index (χ0) is 22.4. The molecule has 1 aromatic heterocycles. The second kappa shape index (κ2) is 9.43. The molecule has 1 atom stereocenters. The molecule has 0 saturated heterocycles. The van der Waals surface area contributed by atoms with Gasteiger partial charge in [0.2, 0.25) is 0 Å². The summed E-state index contributed by atoms with van der Waals surface area (Å²) in [4.78, 5) is 27.6. The fourth-order valence-corrected chi connectivity index (χ4v) is 3.88. The maximum absolute atomic E-state index is 12.7. The average molecular weight is 443 g/mol. The highest BCUT2D eigenvalue weighted by Gasteiger charge is 2.24. The molecule has 3 rings (SSSR count). The van der Waals surface area contributed by atoms with E-state index in [0.717, 1.165) is 21.4 Å². The van der Waals surface area contributed by atoms with Crippen molar-refractivity contribution in [2.24, 2.45) is 0 Å². The third-order valence-corrected chi connectivity index (χ3v) is 6.05. The Labute approximate surface area is 179 Å². The number of nitrogens with zero attached hydrogens (tertiary/aromatic N) is 2. The summed E-state index contributed by atoms with van der Waals surface area (Å²) in [5.74, 6) is -1.30. The summed E-state index contributed by atoms with van der Waals surface area (Å²) >= 11 is 0. The molecule has 3 aromatic rings. The molecule has 0 spiro atoms. The summed E-state index contributed by atoms with van der Waals surface area (Å²) in [6, 6.07) is 13.9. The van der Waals surface area contributed by atoms with E-state index in [1.807, 2.05) is 13.0 Å². The monoisotopic (exact) mass is 443 g/mol. The average Bonchev–Trinajstić information content (AvgIpc) is 3.22. The van der Waals surface area contributed by atoms with Gasteiger partial charge in [0, 0.05) is 12.6 Å². The number of nitrogens with one attached hydrogen (secondary N) is 1. The van der Waals surface area contributed by atoms with E-state index in [1.54, 1.807) is 36.4 Å². The third-order valence-electron chi connectivity index (χ3n) is 4.43. The Kier molecular flexibility index (Phi) is 6.71. The van der Waals surface area contributed by atoms with E-state index in [-0.39, 0.29) is 23.6 Å². The first-order chi connectivity index (χ1) is 14.8.